The van der Waals surface area contributed by atoms with Crippen molar-refractivity contribution < 1.29 is 14.7 Å². The van der Waals surface area contributed by atoms with Crippen LogP contribution in [0.15, 0.2) is 34.2 Å². The van der Waals surface area contributed by atoms with Gasteiger partial charge in [0.05, 0.1) is 4.91 Å². The molecular formula is C14H14N2O3S. The van der Waals surface area contributed by atoms with Crippen LogP contribution in [0, 0.1) is 0 Å². The SMILES string of the molecule is CCc1ccc(/C=C2\SC(=NCC(=O)O)NC2=O)cc1. The first-order valence-corrected chi connectivity index (χ1v) is 6.96. The molecule has 2 N–H and O–H groups in total. The summed E-state index contributed by atoms with van der Waals surface area (Å²) in [5.41, 5.74) is 2.17. The van der Waals surface area contributed by atoms with Crippen LogP contribution in [-0.2, 0) is 16.0 Å². The Hall–Kier alpha value is -2.08. The Kier molecular flexibility index (Phi) is 4.57. The minimum absolute atomic E-state index is 0.251. The Labute approximate surface area is 120 Å². The third-order valence-electron chi connectivity index (χ3n) is 2.69. The Morgan fingerprint density at radius 3 is 2.70 bits per heavy atom. The Morgan fingerprint density at radius 1 is 1.40 bits per heavy atom. The number of benzene rings is 1. The van der Waals surface area contributed by atoms with E-state index in [0.717, 1.165) is 23.7 Å². The molecule has 0 atom stereocenters. The second kappa shape index (κ2) is 6.38. The molecule has 0 saturated carbocycles. The zero-order valence-electron chi connectivity index (χ0n) is 10.9. The highest BCUT2D eigenvalue weighted by atomic mass is 32.2. The van der Waals surface area contributed by atoms with Gasteiger partial charge >= 0.3 is 5.97 Å². The smallest absolute Gasteiger partial charge is 0.325 e. The van der Waals surface area contributed by atoms with Gasteiger partial charge in [-0.25, -0.2) is 0 Å². The number of carbonyl (C=O) groups excluding carboxylic acids is 1. The van der Waals surface area contributed by atoms with Crippen molar-refractivity contribution in [1.29, 1.82) is 0 Å². The lowest BCUT2D eigenvalue weighted by molar-refractivity contribution is -0.135. The van der Waals surface area contributed by atoms with Crippen molar-refractivity contribution in [2.24, 2.45) is 4.99 Å². The van der Waals surface area contributed by atoms with E-state index in [1.165, 1.54) is 5.56 Å². The lowest BCUT2D eigenvalue weighted by Crippen LogP contribution is -2.20. The van der Waals surface area contributed by atoms with E-state index in [1.54, 1.807) is 6.08 Å². The Bertz CT molecular complexity index is 591. The van der Waals surface area contributed by atoms with Crippen LogP contribution in [0.25, 0.3) is 6.08 Å². The van der Waals surface area contributed by atoms with Crippen molar-refractivity contribution in [3.8, 4) is 0 Å². The lowest BCUT2D eigenvalue weighted by Gasteiger charge is -1.98. The molecule has 1 aromatic rings. The highest BCUT2D eigenvalue weighted by Gasteiger charge is 2.23. The molecule has 104 valence electrons. The molecule has 1 fully saturated rings. The zero-order chi connectivity index (χ0) is 14.5. The molecule has 1 amide bonds. The molecule has 5 nitrogen and oxygen atoms in total. The van der Waals surface area contributed by atoms with Gasteiger partial charge < -0.3 is 10.4 Å². The molecule has 20 heavy (non-hydrogen) atoms. The number of aryl methyl sites for hydroxylation is 1. The van der Waals surface area contributed by atoms with E-state index in [1.807, 2.05) is 24.3 Å². The van der Waals surface area contributed by atoms with Crippen LogP contribution < -0.4 is 5.32 Å². The molecule has 0 aliphatic carbocycles. The Balaban J connectivity index is 2.12. The molecule has 1 aromatic carbocycles. The maximum atomic E-state index is 11.7. The van der Waals surface area contributed by atoms with Crippen LogP contribution in [0.2, 0.25) is 0 Å². The maximum Gasteiger partial charge on any atom is 0.325 e. The van der Waals surface area contributed by atoms with Crippen molar-refractivity contribution in [3.63, 3.8) is 0 Å². The second-order valence-electron chi connectivity index (χ2n) is 4.18. The topological polar surface area (TPSA) is 78.8 Å². The standard InChI is InChI=1S/C14H14N2O3S/c1-2-9-3-5-10(6-4-9)7-11-13(19)16-14(20-11)15-8-12(17)18/h3-7H,2,8H2,1H3,(H,17,18)(H,15,16,19)/b11-7-. The largest absolute Gasteiger partial charge is 0.480 e. The number of rotatable bonds is 4. The van der Waals surface area contributed by atoms with Crippen molar-refractivity contribution in [2.75, 3.05) is 6.54 Å². The van der Waals surface area contributed by atoms with Gasteiger partial charge in [-0.3, -0.25) is 14.6 Å². The number of nitrogens with one attached hydrogen (secondary N) is 1. The van der Waals surface area contributed by atoms with E-state index in [-0.39, 0.29) is 12.5 Å². The molecule has 6 heteroatoms. The zero-order valence-corrected chi connectivity index (χ0v) is 11.7. The normalized spacial score (nSPS) is 18.6. The summed E-state index contributed by atoms with van der Waals surface area (Å²) in [5, 5.41) is 11.4. The van der Waals surface area contributed by atoms with Gasteiger partial charge in [-0.2, -0.15) is 0 Å². The molecule has 1 aliphatic heterocycles. The number of hydrogen-bond acceptors (Lipinski definition) is 4. The predicted molar refractivity (Wildman–Crippen MR) is 79.5 cm³/mol. The number of carbonyl (C=O) groups is 2. The fourth-order valence-electron chi connectivity index (χ4n) is 1.64. The third kappa shape index (κ3) is 3.71. The summed E-state index contributed by atoms with van der Waals surface area (Å²) in [6.45, 7) is 1.74. The lowest BCUT2D eigenvalue weighted by atomic mass is 10.1. The molecule has 0 radical (unpaired) electrons. The van der Waals surface area contributed by atoms with Crippen LogP contribution in [0.1, 0.15) is 18.1 Å². The van der Waals surface area contributed by atoms with Gasteiger partial charge in [-0.1, -0.05) is 31.2 Å². The summed E-state index contributed by atoms with van der Waals surface area (Å²) < 4.78 is 0. The number of aliphatic imine (C=N–C) groups is 1. The van der Waals surface area contributed by atoms with Crippen LogP contribution in [-0.4, -0.2) is 28.7 Å². The van der Waals surface area contributed by atoms with E-state index in [0.29, 0.717) is 10.1 Å². The van der Waals surface area contributed by atoms with Gasteiger partial charge in [0.25, 0.3) is 5.91 Å². The number of hydrogen-bond donors (Lipinski definition) is 2. The van der Waals surface area contributed by atoms with E-state index in [9.17, 15) is 9.59 Å². The summed E-state index contributed by atoms with van der Waals surface area (Å²) in [5.74, 6) is -1.28. The molecule has 1 heterocycles. The summed E-state index contributed by atoms with van der Waals surface area (Å²) >= 11 is 1.15. The summed E-state index contributed by atoms with van der Waals surface area (Å²) in [6, 6.07) is 7.94. The fourth-order valence-corrected chi connectivity index (χ4v) is 2.46. The van der Waals surface area contributed by atoms with Crippen LogP contribution >= 0.6 is 11.8 Å². The van der Waals surface area contributed by atoms with Gasteiger partial charge in [0, 0.05) is 0 Å². The fraction of sp³-hybridized carbons (Fsp3) is 0.214. The first-order chi connectivity index (χ1) is 9.58. The van der Waals surface area contributed by atoms with E-state index in [2.05, 4.69) is 17.2 Å². The summed E-state index contributed by atoms with van der Waals surface area (Å²) in [4.78, 5) is 26.5. The first kappa shape index (κ1) is 14.3. The number of thioether (sulfide) groups is 1. The van der Waals surface area contributed by atoms with Gasteiger partial charge in [0.15, 0.2) is 5.17 Å². The van der Waals surface area contributed by atoms with Crippen molar-refractivity contribution in [2.45, 2.75) is 13.3 Å². The van der Waals surface area contributed by atoms with Crippen molar-refractivity contribution in [3.05, 3.63) is 40.3 Å². The van der Waals surface area contributed by atoms with Gasteiger partial charge in [-0.05, 0) is 35.4 Å². The van der Waals surface area contributed by atoms with Gasteiger partial charge in [-0.15, -0.1) is 0 Å². The van der Waals surface area contributed by atoms with E-state index < -0.39 is 5.97 Å². The van der Waals surface area contributed by atoms with Crippen LogP contribution in [0.5, 0.6) is 0 Å². The number of amidine groups is 1. The number of carboxylic acids is 1. The summed E-state index contributed by atoms with van der Waals surface area (Å²) in [7, 11) is 0. The molecule has 1 aliphatic rings. The molecule has 0 spiro atoms. The second-order valence-corrected chi connectivity index (χ2v) is 5.21. The molecular weight excluding hydrogens is 276 g/mol. The average molecular weight is 290 g/mol. The maximum absolute atomic E-state index is 11.7. The highest BCUT2D eigenvalue weighted by molar-refractivity contribution is 8.18. The van der Waals surface area contributed by atoms with Gasteiger partial charge in [0.2, 0.25) is 0 Å². The third-order valence-corrected chi connectivity index (χ3v) is 3.64. The summed E-state index contributed by atoms with van der Waals surface area (Å²) in [6.07, 6.45) is 2.74. The highest BCUT2D eigenvalue weighted by Crippen LogP contribution is 2.25. The van der Waals surface area contributed by atoms with E-state index in [4.69, 9.17) is 5.11 Å². The number of nitrogens with zero attached hydrogens (tertiary/aromatic N) is 1. The quantitative estimate of drug-likeness (QED) is 0.830. The first-order valence-electron chi connectivity index (χ1n) is 6.14. The minimum Gasteiger partial charge on any atom is -0.480 e. The monoisotopic (exact) mass is 290 g/mol. The van der Waals surface area contributed by atoms with Gasteiger partial charge in [0.1, 0.15) is 6.54 Å². The average Bonchev–Trinajstić information content (AvgIpc) is 2.78. The number of amides is 1. The predicted octanol–water partition coefficient (Wildman–Crippen LogP) is 1.89. The van der Waals surface area contributed by atoms with Crippen LogP contribution in [0.3, 0.4) is 0 Å². The van der Waals surface area contributed by atoms with Crippen LogP contribution in [0.4, 0.5) is 0 Å². The minimum atomic E-state index is -1.03. The molecule has 2 rings (SSSR count). The van der Waals surface area contributed by atoms with Crippen molar-refractivity contribution in [1.82, 2.24) is 5.32 Å². The van der Waals surface area contributed by atoms with Crippen molar-refractivity contribution >= 4 is 34.9 Å². The Morgan fingerprint density at radius 2 is 2.10 bits per heavy atom. The molecule has 1 saturated heterocycles. The number of aliphatic carboxylic acids is 1. The number of carboxylic acid groups (broad SMARTS) is 1. The molecule has 0 aromatic heterocycles. The molecule has 0 unspecified atom stereocenters. The van der Waals surface area contributed by atoms with E-state index >= 15 is 0 Å². The molecule has 0 bridgehead atoms.